The maximum absolute atomic E-state index is 3.50. The van der Waals surface area contributed by atoms with Crippen molar-refractivity contribution >= 4 is 0 Å². The van der Waals surface area contributed by atoms with E-state index < -0.39 is 0 Å². The van der Waals surface area contributed by atoms with Crippen LogP contribution in [0.15, 0.2) is 0 Å². The van der Waals surface area contributed by atoms with E-state index in [9.17, 15) is 0 Å². The molecule has 2 heteroatoms. The van der Waals surface area contributed by atoms with Crippen molar-refractivity contribution < 1.29 is 0 Å². The summed E-state index contributed by atoms with van der Waals surface area (Å²) in [6, 6.07) is 1.34. The lowest BCUT2D eigenvalue weighted by Gasteiger charge is -2.36. The Hall–Kier alpha value is -0.0800. The fraction of sp³-hybridized carbons (Fsp3) is 1.00. The topological polar surface area (TPSA) is 15.3 Å². The first-order chi connectivity index (χ1) is 8.76. The molecule has 0 bridgehead atoms. The van der Waals surface area contributed by atoms with Gasteiger partial charge in [0, 0.05) is 18.6 Å². The Labute approximate surface area is 122 Å². The van der Waals surface area contributed by atoms with Crippen LogP contribution < -0.4 is 5.32 Å². The van der Waals surface area contributed by atoms with Gasteiger partial charge in [-0.25, -0.2) is 0 Å². The summed E-state index contributed by atoms with van der Waals surface area (Å²) in [4.78, 5) is 2.71. The number of hydrogen-bond acceptors (Lipinski definition) is 2. The van der Waals surface area contributed by atoms with Crippen molar-refractivity contribution in [3.8, 4) is 0 Å². The van der Waals surface area contributed by atoms with Gasteiger partial charge >= 0.3 is 0 Å². The summed E-state index contributed by atoms with van der Waals surface area (Å²) in [5, 5.41) is 3.50. The van der Waals surface area contributed by atoms with Crippen LogP contribution in [0, 0.1) is 11.3 Å². The standard InChI is InChI=1S/C17H38N2/c1-9-15(10-2)19(13-14(3)4)12-11-16(18-8)17(5,6)7/h14-16,18H,9-13H2,1-8H3. The maximum atomic E-state index is 3.50. The molecular weight excluding hydrogens is 232 g/mol. The van der Waals surface area contributed by atoms with Gasteiger partial charge in [-0.1, -0.05) is 48.5 Å². The molecule has 0 aromatic carbocycles. The minimum atomic E-state index is 0.339. The van der Waals surface area contributed by atoms with Crippen molar-refractivity contribution in [2.75, 3.05) is 20.1 Å². The molecule has 19 heavy (non-hydrogen) atoms. The molecule has 116 valence electrons. The van der Waals surface area contributed by atoms with Crippen LogP contribution in [-0.4, -0.2) is 37.1 Å². The highest BCUT2D eigenvalue weighted by Crippen LogP contribution is 2.22. The first-order valence-corrected chi connectivity index (χ1v) is 8.17. The zero-order chi connectivity index (χ0) is 15.1. The van der Waals surface area contributed by atoms with Crippen molar-refractivity contribution in [1.82, 2.24) is 10.2 Å². The molecule has 2 nitrogen and oxygen atoms in total. The normalized spacial score (nSPS) is 14.7. The molecule has 0 aromatic rings. The van der Waals surface area contributed by atoms with Gasteiger partial charge in [-0.05, 0) is 44.2 Å². The van der Waals surface area contributed by atoms with Gasteiger partial charge in [0.15, 0.2) is 0 Å². The quantitative estimate of drug-likeness (QED) is 0.677. The highest BCUT2D eigenvalue weighted by Gasteiger charge is 2.24. The number of rotatable bonds is 9. The van der Waals surface area contributed by atoms with E-state index in [0.717, 1.165) is 12.0 Å². The lowest BCUT2D eigenvalue weighted by Crippen LogP contribution is -2.44. The Morgan fingerprint density at radius 3 is 1.89 bits per heavy atom. The molecule has 1 atom stereocenters. The number of nitrogens with zero attached hydrogens (tertiary/aromatic N) is 1. The van der Waals surface area contributed by atoms with E-state index in [1.165, 1.54) is 32.4 Å². The second-order valence-electron chi connectivity index (χ2n) is 7.36. The fourth-order valence-electron chi connectivity index (χ4n) is 3.00. The van der Waals surface area contributed by atoms with Crippen LogP contribution in [0.2, 0.25) is 0 Å². The van der Waals surface area contributed by atoms with Crippen molar-refractivity contribution in [2.24, 2.45) is 11.3 Å². The van der Waals surface area contributed by atoms with Crippen LogP contribution in [0.5, 0.6) is 0 Å². The van der Waals surface area contributed by atoms with Crippen LogP contribution >= 0.6 is 0 Å². The number of nitrogens with one attached hydrogen (secondary N) is 1. The Morgan fingerprint density at radius 2 is 1.58 bits per heavy atom. The second-order valence-corrected chi connectivity index (χ2v) is 7.36. The van der Waals surface area contributed by atoms with Crippen molar-refractivity contribution in [1.29, 1.82) is 0 Å². The van der Waals surface area contributed by atoms with Gasteiger partial charge in [0.05, 0.1) is 0 Å². The zero-order valence-electron chi connectivity index (χ0n) is 14.7. The molecule has 0 spiro atoms. The molecule has 0 amide bonds. The molecule has 0 aliphatic rings. The zero-order valence-corrected chi connectivity index (χ0v) is 14.7. The van der Waals surface area contributed by atoms with Crippen LogP contribution in [-0.2, 0) is 0 Å². The summed E-state index contributed by atoms with van der Waals surface area (Å²) in [6.45, 7) is 18.7. The third kappa shape index (κ3) is 7.31. The lowest BCUT2D eigenvalue weighted by molar-refractivity contribution is 0.143. The van der Waals surface area contributed by atoms with Gasteiger partial charge in [-0.2, -0.15) is 0 Å². The Kier molecular flexibility index (Phi) is 8.93. The molecule has 1 N–H and O–H groups in total. The van der Waals surface area contributed by atoms with Gasteiger partial charge in [0.2, 0.25) is 0 Å². The molecule has 0 aliphatic carbocycles. The van der Waals surface area contributed by atoms with Gasteiger partial charge in [-0.15, -0.1) is 0 Å². The molecular formula is C17H38N2. The van der Waals surface area contributed by atoms with E-state index >= 15 is 0 Å². The maximum Gasteiger partial charge on any atom is 0.0125 e. The SMILES string of the molecule is CCC(CC)N(CCC(NC)C(C)(C)C)CC(C)C. The highest BCUT2D eigenvalue weighted by molar-refractivity contribution is 4.81. The van der Waals surface area contributed by atoms with Crippen LogP contribution in [0.1, 0.15) is 67.7 Å². The fourth-order valence-corrected chi connectivity index (χ4v) is 3.00. The van der Waals surface area contributed by atoms with E-state index in [4.69, 9.17) is 0 Å². The predicted molar refractivity (Wildman–Crippen MR) is 87.7 cm³/mol. The first-order valence-electron chi connectivity index (χ1n) is 8.17. The van der Waals surface area contributed by atoms with E-state index in [1.807, 2.05) is 0 Å². The van der Waals surface area contributed by atoms with Gasteiger partial charge in [0.1, 0.15) is 0 Å². The Bertz CT molecular complexity index is 214. The molecule has 1 unspecified atom stereocenters. The van der Waals surface area contributed by atoms with E-state index in [-0.39, 0.29) is 0 Å². The van der Waals surface area contributed by atoms with Crippen molar-refractivity contribution in [2.45, 2.75) is 79.8 Å². The van der Waals surface area contributed by atoms with Gasteiger partial charge < -0.3 is 10.2 Å². The molecule has 0 saturated carbocycles. The van der Waals surface area contributed by atoms with Gasteiger partial charge in [0.25, 0.3) is 0 Å². The third-order valence-electron chi connectivity index (χ3n) is 4.16. The average Bonchev–Trinajstić information content (AvgIpc) is 2.28. The molecule has 0 radical (unpaired) electrons. The van der Waals surface area contributed by atoms with Crippen molar-refractivity contribution in [3.05, 3.63) is 0 Å². The third-order valence-corrected chi connectivity index (χ3v) is 4.16. The highest BCUT2D eigenvalue weighted by atomic mass is 15.2. The Balaban J connectivity index is 4.55. The monoisotopic (exact) mass is 270 g/mol. The number of hydrogen-bond donors (Lipinski definition) is 1. The first kappa shape index (κ1) is 18.9. The van der Waals surface area contributed by atoms with E-state index in [1.54, 1.807) is 0 Å². The molecule has 0 heterocycles. The van der Waals surface area contributed by atoms with Crippen LogP contribution in [0.3, 0.4) is 0 Å². The smallest absolute Gasteiger partial charge is 0.0125 e. The summed E-state index contributed by atoms with van der Waals surface area (Å²) in [7, 11) is 2.10. The summed E-state index contributed by atoms with van der Waals surface area (Å²) in [6.07, 6.45) is 3.77. The summed E-state index contributed by atoms with van der Waals surface area (Å²) in [5.41, 5.74) is 0.339. The van der Waals surface area contributed by atoms with E-state index in [2.05, 4.69) is 65.7 Å². The predicted octanol–water partition coefficient (Wildman–Crippen LogP) is 4.16. The summed E-state index contributed by atoms with van der Waals surface area (Å²) >= 11 is 0. The molecule has 0 rings (SSSR count). The van der Waals surface area contributed by atoms with Crippen LogP contribution in [0.4, 0.5) is 0 Å². The largest absolute Gasteiger partial charge is 0.316 e. The van der Waals surface area contributed by atoms with Crippen molar-refractivity contribution in [3.63, 3.8) is 0 Å². The molecule has 0 fully saturated rings. The Morgan fingerprint density at radius 1 is 1.05 bits per heavy atom. The summed E-state index contributed by atoms with van der Waals surface area (Å²) in [5.74, 6) is 0.753. The molecule has 0 saturated heterocycles. The molecule has 0 aliphatic heterocycles. The lowest BCUT2D eigenvalue weighted by atomic mass is 9.84. The van der Waals surface area contributed by atoms with E-state index in [0.29, 0.717) is 11.5 Å². The van der Waals surface area contributed by atoms with Gasteiger partial charge in [-0.3, -0.25) is 0 Å². The molecule has 0 aromatic heterocycles. The minimum Gasteiger partial charge on any atom is -0.316 e. The minimum absolute atomic E-state index is 0.339. The second kappa shape index (κ2) is 8.97. The van der Waals surface area contributed by atoms with Crippen LogP contribution in [0.25, 0.3) is 0 Å². The summed E-state index contributed by atoms with van der Waals surface area (Å²) < 4.78 is 0. The average molecular weight is 271 g/mol.